The summed E-state index contributed by atoms with van der Waals surface area (Å²) in [5.74, 6) is -0.860. The molecule has 1 amide bonds. The molecule has 0 bridgehead atoms. The molecule has 0 spiro atoms. The van der Waals surface area contributed by atoms with Crippen molar-refractivity contribution in [1.82, 2.24) is 4.98 Å². The van der Waals surface area contributed by atoms with Crippen LogP contribution in [0.1, 0.15) is 24.1 Å². The largest absolute Gasteiger partial charge is 0.766 e. The molecule has 14 heteroatoms. The van der Waals surface area contributed by atoms with Crippen LogP contribution >= 0.6 is 11.3 Å². The van der Waals surface area contributed by atoms with E-state index in [2.05, 4.69) is 10.3 Å². The van der Waals surface area contributed by atoms with E-state index in [0.29, 0.717) is 5.69 Å². The highest BCUT2D eigenvalue weighted by Crippen LogP contribution is 2.32. The molecule has 156 valence electrons. The van der Waals surface area contributed by atoms with Gasteiger partial charge in [0.1, 0.15) is 0 Å². The SMILES string of the molecule is C[C@H](C(N)=O)c1ccc(Nc2nc(C(F)(F)F)cs2)cc1.O=S([O-])C(F)(F)F. The van der Waals surface area contributed by atoms with Gasteiger partial charge in [-0.15, -0.1) is 11.3 Å². The highest BCUT2D eigenvalue weighted by Gasteiger charge is 2.33. The number of carbonyl (C=O) groups is 1. The minimum Gasteiger partial charge on any atom is -0.766 e. The lowest BCUT2D eigenvalue weighted by Gasteiger charge is -2.09. The number of carbonyl (C=O) groups excluding carboxylic acids is 1. The molecule has 2 atom stereocenters. The van der Waals surface area contributed by atoms with Crippen LogP contribution in [0.25, 0.3) is 0 Å². The van der Waals surface area contributed by atoms with Crippen LogP contribution < -0.4 is 11.1 Å². The van der Waals surface area contributed by atoms with Crippen molar-refractivity contribution in [2.75, 3.05) is 5.32 Å². The maximum Gasteiger partial charge on any atom is 0.458 e. The Kier molecular flexibility index (Phi) is 7.95. The summed E-state index contributed by atoms with van der Waals surface area (Å²) in [4.78, 5) is 14.5. The molecule has 2 rings (SSSR count). The molecule has 0 fully saturated rings. The number of alkyl halides is 6. The third-order valence-corrected chi connectivity index (χ3v) is 4.21. The van der Waals surface area contributed by atoms with Crippen LogP contribution in [0.5, 0.6) is 0 Å². The van der Waals surface area contributed by atoms with E-state index in [1.54, 1.807) is 31.2 Å². The number of aromatic nitrogens is 1. The van der Waals surface area contributed by atoms with Gasteiger partial charge < -0.3 is 15.6 Å². The Morgan fingerprint density at radius 3 is 2.07 bits per heavy atom. The summed E-state index contributed by atoms with van der Waals surface area (Å²) in [5, 5.41) is 3.88. The molecule has 1 aromatic carbocycles. The molecule has 28 heavy (non-hydrogen) atoms. The van der Waals surface area contributed by atoms with Crippen LogP contribution in [0.3, 0.4) is 0 Å². The average molecular weight is 448 g/mol. The summed E-state index contributed by atoms with van der Waals surface area (Å²) < 4.78 is 86.8. The molecule has 0 aliphatic heterocycles. The predicted octanol–water partition coefficient (Wildman–Crippen LogP) is 3.88. The summed E-state index contributed by atoms with van der Waals surface area (Å²) >= 11 is -3.06. The van der Waals surface area contributed by atoms with E-state index in [-0.39, 0.29) is 5.13 Å². The van der Waals surface area contributed by atoms with Crippen molar-refractivity contribution in [3.63, 3.8) is 0 Å². The number of hydrogen-bond acceptors (Lipinski definition) is 6. The third kappa shape index (κ3) is 7.44. The van der Waals surface area contributed by atoms with Gasteiger partial charge in [0.05, 0.1) is 17.0 Å². The van der Waals surface area contributed by atoms with Crippen molar-refractivity contribution in [2.24, 2.45) is 5.73 Å². The summed E-state index contributed by atoms with van der Waals surface area (Å²) in [6.07, 6.45) is -4.45. The molecule has 0 saturated heterocycles. The average Bonchev–Trinajstić information content (AvgIpc) is 3.03. The van der Waals surface area contributed by atoms with Gasteiger partial charge in [0.2, 0.25) is 5.91 Å². The van der Waals surface area contributed by atoms with Gasteiger partial charge in [0, 0.05) is 11.1 Å². The Labute approximate surface area is 161 Å². The van der Waals surface area contributed by atoms with E-state index < -0.39 is 40.3 Å². The second-order valence-corrected chi connectivity index (χ2v) is 6.88. The number of halogens is 6. The van der Waals surface area contributed by atoms with Crippen molar-refractivity contribution in [3.05, 3.63) is 40.9 Å². The van der Waals surface area contributed by atoms with Crippen LogP contribution in [0.15, 0.2) is 29.6 Å². The number of rotatable bonds is 4. The van der Waals surface area contributed by atoms with Crippen LogP contribution in [-0.4, -0.2) is 25.2 Å². The molecule has 3 N–H and O–H groups in total. The van der Waals surface area contributed by atoms with Crippen LogP contribution in [-0.2, 0) is 22.1 Å². The van der Waals surface area contributed by atoms with Crippen LogP contribution in [0.2, 0.25) is 0 Å². The predicted molar refractivity (Wildman–Crippen MR) is 89.4 cm³/mol. The topological polar surface area (TPSA) is 108 Å². The first kappa shape index (κ1) is 23.8. The van der Waals surface area contributed by atoms with Gasteiger partial charge in [-0.25, -0.2) is 4.98 Å². The monoisotopic (exact) mass is 448 g/mol. The van der Waals surface area contributed by atoms with Crippen molar-refractivity contribution < 1.29 is 39.9 Å². The number of anilines is 2. The lowest BCUT2D eigenvalue weighted by molar-refractivity contribution is -0.140. The van der Waals surface area contributed by atoms with Gasteiger partial charge >= 0.3 is 11.7 Å². The number of nitrogens with zero attached hydrogens (tertiary/aromatic N) is 1. The number of amides is 1. The van der Waals surface area contributed by atoms with Crippen molar-refractivity contribution in [1.29, 1.82) is 0 Å². The molecule has 1 heterocycles. The molecule has 6 nitrogen and oxygen atoms in total. The molecule has 0 aliphatic carbocycles. The highest BCUT2D eigenvalue weighted by atomic mass is 32.2. The number of nitrogens with one attached hydrogen (secondary N) is 1. The van der Waals surface area contributed by atoms with Crippen molar-refractivity contribution in [3.8, 4) is 0 Å². The van der Waals surface area contributed by atoms with Crippen LogP contribution in [0, 0.1) is 0 Å². The summed E-state index contributed by atoms with van der Waals surface area (Å²) in [6.45, 7) is 1.68. The number of primary amides is 1. The molecular formula is C14H12F6N3O3S2-. The number of benzene rings is 1. The first-order valence-corrected chi connectivity index (χ1v) is 9.02. The Morgan fingerprint density at radius 2 is 1.71 bits per heavy atom. The lowest BCUT2D eigenvalue weighted by Crippen LogP contribution is -2.18. The fraction of sp³-hybridized carbons (Fsp3) is 0.286. The molecule has 0 aliphatic rings. The number of nitrogens with two attached hydrogens (primary N) is 1. The van der Waals surface area contributed by atoms with Gasteiger partial charge in [-0.05, 0) is 24.6 Å². The fourth-order valence-electron chi connectivity index (χ4n) is 1.60. The third-order valence-electron chi connectivity index (χ3n) is 3.07. The quantitative estimate of drug-likeness (QED) is 0.545. The zero-order chi connectivity index (χ0) is 21.7. The Hall–Kier alpha value is -2.19. The molecule has 2 aromatic rings. The van der Waals surface area contributed by atoms with E-state index in [9.17, 15) is 31.1 Å². The fourth-order valence-corrected chi connectivity index (χ4v) is 2.34. The molecule has 1 unspecified atom stereocenters. The first-order valence-electron chi connectivity index (χ1n) is 7.07. The van der Waals surface area contributed by atoms with Crippen molar-refractivity contribution >= 4 is 39.1 Å². The molecule has 0 saturated carbocycles. The normalized spacial score (nSPS) is 13.9. The zero-order valence-corrected chi connectivity index (χ0v) is 15.4. The maximum absolute atomic E-state index is 12.4. The molecule has 0 radical (unpaired) electrons. The first-order chi connectivity index (χ1) is 12.7. The van der Waals surface area contributed by atoms with Gasteiger partial charge in [-0.3, -0.25) is 9.00 Å². The standard InChI is InChI=1S/C13H12F3N3OS.CHF3O2S/c1-7(11(17)20)8-2-4-9(5-3-8)18-12-19-10(6-21-12)13(14,15)16;2-1(3,4)7(5)6/h2-7H,1H3,(H2,17,20)(H,18,19);(H,5,6)/p-1/t7-;/m0./s1. The number of hydrogen-bond donors (Lipinski definition) is 2. The van der Waals surface area contributed by atoms with E-state index >= 15 is 0 Å². The lowest BCUT2D eigenvalue weighted by atomic mass is 10.0. The summed E-state index contributed by atoms with van der Waals surface area (Å²) in [7, 11) is 0. The summed E-state index contributed by atoms with van der Waals surface area (Å²) in [6, 6.07) is 6.69. The van der Waals surface area contributed by atoms with Crippen molar-refractivity contribution in [2.45, 2.75) is 24.5 Å². The Balaban J connectivity index is 0.000000480. The maximum atomic E-state index is 12.4. The smallest absolute Gasteiger partial charge is 0.458 e. The second kappa shape index (κ2) is 9.34. The Morgan fingerprint density at radius 1 is 1.21 bits per heavy atom. The van der Waals surface area contributed by atoms with Gasteiger partial charge in [0.15, 0.2) is 10.8 Å². The zero-order valence-electron chi connectivity index (χ0n) is 13.8. The van der Waals surface area contributed by atoms with E-state index in [1.807, 2.05) is 0 Å². The van der Waals surface area contributed by atoms with E-state index in [1.165, 1.54) is 0 Å². The Bertz CT molecular complexity index is 821. The summed E-state index contributed by atoms with van der Waals surface area (Å²) in [5.41, 5.74) is 0.519. The second-order valence-electron chi connectivity index (χ2n) is 5.09. The van der Waals surface area contributed by atoms with Crippen LogP contribution in [0.4, 0.5) is 37.2 Å². The van der Waals surface area contributed by atoms with E-state index in [0.717, 1.165) is 22.3 Å². The molecule has 1 aromatic heterocycles. The number of thiazole rings is 1. The highest BCUT2D eigenvalue weighted by molar-refractivity contribution is 7.80. The minimum atomic E-state index is -5.08. The van der Waals surface area contributed by atoms with Gasteiger partial charge in [0.25, 0.3) is 0 Å². The minimum absolute atomic E-state index is 0.151. The molecular weight excluding hydrogens is 436 g/mol. The van der Waals surface area contributed by atoms with E-state index in [4.69, 9.17) is 14.5 Å². The van der Waals surface area contributed by atoms with Gasteiger partial charge in [-0.1, -0.05) is 12.1 Å². The van der Waals surface area contributed by atoms with Gasteiger partial charge in [-0.2, -0.15) is 26.3 Å².